The van der Waals surface area contributed by atoms with E-state index in [2.05, 4.69) is 61.7 Å². The van der Waals surface area contributed by atoms with E-state index >= 15 is 0 Å². The Labute approximate surface area is 232 Å². The maximum absolute atomic E-state index is 12.3. The van der Waals surface area contributed by atoms with E-state index in [0.29, 0.717) is 12.8 Å². The first-order valence-electron chi connectivity index (χ1n) is 14.5. The smallest absolute Gasteiger partial charge is 0.266 e. The molecule has 0 aliphatic rings. The molecule has 0 saturated heterocycles. The highest BCUT2D eigenvalue weighted by molar-refractivity contribution is 7.85. The van der Waals surface area contributed by atoms with E-state index in [9.17, 15) is 22.9 Å². The number of hydrogen-bond acceptors (Lipinski definition) is 4. The monoisotopic (exact) mass is 551 g/mol. The van der Waals surface area contributed by atoms with Gasteiger partial charge in [-0.25, -0.2) is 0 Å². The van der Waals surface area contributed by atoms with Crippen molar-refractivity contribution in [3.8, 4) is 0 Å². The molecular weight excluding hydrogens is 498 g/mol. The molecule has 0 aliphatic carbocycles. The Morgan fingerprint density at radius 2 is 1.16 bits per heavy atom. The number of allylic oxidation sites excluding steroid dienone is 9. The van der Waals surface area contributed by atoms with Crippen molar-refractivity contribution in [3.63, 3.8) is 0 Å². The van der Waals surface area contributed by atoms with Crippen LogP contribution in [0.3, 0.4) is 0 Å². The molecule has 0 bridgehead atoms. The van der Waals surface area contributed by atoms with Gasteiger partial charge in [0.1, 0.15) is 0 Å². The normalized spacial score (nSPS) is 14.5. The molecule has 0 radical (unpaired) electrons. The number of carbonyl (C=O) groups is 1. The molecule has 0 heterocycles. The SMILES string of the molecule is CC/C=C\C/C=C\C/C=C\C/C=C\C/C=C\CC(=O)NC(CS(=O)(=O)O)C(O)CCCCCCCCCC. The Morgan fingerprint density at radius 3 is 1.63 bits per heavy atom. The quantitative estimate of drug-likeness (QED) is 0.0659. The van der Waals surface area contributed by atoms with Crippen LogP contribution in [0.2, 0.25) is 0 Å². The second-order valence-corrected chi connectivity index (χ2v) is 11.2. The molecule has 3 N–H and O–H groups in total. The van der Waals surface area contributed by atoms with Gasteiger partial charge in [0.05, 0.1) is 17.9 Å². The summed E-state index contributed by atoms with van der Waals surface area (Å²) in [6.07, 6.45) is 33.5. The predicted molar refractivity (Wildman–Crippen MR) is 161 cm³/mol. The molecule has 6 nitrogen and oxygen atoms in total. The molecule has 0 spiro atoms. The molecule has 0 aromatic heterocycles. The Bertz CT molecular complexity index is 827. The van der Waals surface area contributed by atoms with Gasteiger partial charge in [0, 0.05) is 6.42 Å². The Balaban J connectivity index is 4.25. The summed E-state index contributed by atoms with van der Waals surface area (Å²) in [4.78, 5) is 12.3. The lowest BCUT2D eigenvalue weighted by Gasteiger charge is -2.23. The van der Waals surface area contributed by atoms with Gasteiger partial charge >= 0.3 is 0 Å². The fraction of sp³-hybridized carbons (Fsp3) is 0.645. The zero-order valence-corrected chi connectivity index (χ0v) is 24.6. The number of nitrogens with one attached hydrogen (secondary N) is 1. The number of amides is 1. The van der Waals surface area contributed by atoms with Gasteiger partial charge in [0.25, 0.3) is 10.1 Å². The zero-order chi connectivity index (χ0) is 28.3. The Hall–Kier alpha value is -1.96. The lowest BCUT2D eigenvalue weighted by atomic mass is 10.0. The summed E-state index contributed by atoms with van der Waals surface area (Å²) in [7, 11) is -4.33. The van der Waals surface area contributed by atoms with Crippen molar-refractivity contribution in [2.45, 2.75) is 122 Å². The molecule has 7 heteroatoms. The van der Waals surface area contributed by atoms with Crippen molar-refractivity contribution in [2.24, 2.45) is 0 Å². The van der Waals surface area contributed by atoms with Crippen molar-refractivity contribution in [1.29, 1.82) is 0 Å². The third kappa shape index (κ3) is 25.7. The minimum absolute atomic E-state index is 0.0833. The summed E-state index contributed by atoms with van der Waals surface area (Å²) in [5.74, 6) is -1.07. The summed E-state index contributed by atoms with van der Waals surface area (Å²) in [6.45, 7) is 4.31. The van der Waals surface area contributed by atoms with E-state index in [1.165, 1.54) is 25.7 Å². The van der Waals surface area contributed by atoms with Gasteiger partial charge in [-0.15, -0.1) is 0 Å². The van der Waals surface area contributed by atoms with Crippen LogP contribution >= 0.6 is 0 Å². The summed E-state index contributed by atoms with van der Waals surface area (Å²) < 4.78 is 32.1. The van der Waals surface area contributed by atoms with Crippen LogP contribution in [0.25, 0.3) is 0 Å². The highest BCUT2D eigenvalue weighted by Gasteiger charge is 2.25. The van der Waals surface area contributed by atoms with Crippen LogP contribution < -0.4 is 5.32 Å². The van der Waals surface area contributed by atoms with E-state index in [0.717, 1.165) is 51.4 Å². The summed E-state index contributed by atoms with van der Waals surface area (Å²) in [5.41, 5.74) is 0. The molecule has 0 aliphatic heterocycles. The maximum atomic E-state index is 12.3. The van der Waals surface area contributed by atoms with Crippen LogP contribution in [0, 0.1) is 0 Å². The van der Waals surface area contributed by atoms with Gasteiger partial charge in [0.15, 0.2) is 0 Å². The van der Waals surface area contributed by atoms with Crippen LogP contribution in [0.4, 0.5) is 0 Å². The van der Waals surface area contributed by atoms with Gasteiger partial charge in [-0.2, -0.15) is 8.42 Å². The molecule has 2 atom stereocenters. The summed E-state index contributed by atoms with van der Waals surface area (Å²) in [6, 6.07) is -1.02. The fourth-order valence-electron chi connectivity index (χ4n) is 3.87. The minimum atomic E-state index is -4.33. The van der Waals surface area contributed by atoms with Crippen molar-refractivity contribution in [1.82, 2.24) is 5.32 Å². The highest BCUT2D eigenvalue weighted by atomic mass is 32.2. The molecule has 1 amide bonds. The summed E-state index contributed by atoms with van der Waals surface area (Å²) in [5, 5.41) is 13.1. The molecule has 0 saturated carbocycles. The van der Waals surface area contributed by atoms with Gasteiger partial charge in [0.2, 0.25) is 5.91 Å². The van der Waals surface area contributed by atoms with Crippen LogP contribution in [0.1, 0.15) is 110 Å². The third-order valence-corrected chi connectivity index (χ3v) is 6.80. The van der Waals surface area contributed by atoms with E-state index < -0.39 is 28.0 Å². The maximum Gasteiger partial charge on any atom is 0.266 e. The average Bonchev–Trinajstić information content (AvgIpc) is 2.86. The second-order valence-electron chi connectivity index (χ2n) is 9.67. The van der Waals surface area contributed by atoms with Gasteiger partial charge < -0.3 is 10.4 Å². The van der Waals surface area contributed by atoms with E-state index in [1.54, 1.807) is 6.08 Å². The minimum Gasteiger partial charge on any atom is -0.391 e. The van der Waals surface area contributed by atoms with Crippen LogP contribution in [-0.4, -0.2) is 41.9 Å². The van der Waals surface area contributed by atoms with Crippen molar-refractivity contribution in [3.05, 3.63) is 60.8 Å². The topological polar surface area (TPSA) is 104 Å². The number of unbranched alkanes of at least 4 members (excludes halogenated alkanes) is 7. The number of rotatable bonds is 24. The molecule has 218 valence electrons. The lowest BCUT2D eigenvalue weighted by molar-refractivity contribution is -0.121. The van der Waals surface area contributed by atoms with Crippen LogP contribution in [0.15, 0.2) is 60.8 Å². The van der Waals surface area contributed by atoms with E-state index in [4.69, 9.17) is 0 Å². The first-order chi connectivity index (χ1) is 18.3. The van der Waals surface area contributed by atoms with Crippen molar-refractivity contribution >= 4 is 16.0 Å². The molecular formula is C31H53NO5S. The van der Waals surface area contributed by atoms with E-state index in [-0.39, 0.29) is 12.3 Å². The van der Waals surface area contributed by atoms with Gasteiger partial charge in [-0.1, -0.05) is 126 Å². The van der Waals surface area contributed by atoms with Crippen LogP contribution in [0.5, 0.6) is 0 Å². The first kappa shape index (κ1) is 36.0. The fourth-order valence-corrected chi connectivity index (χ4v) is 4.63. The Morgan fingerprint density at radius 1 is 0.711 bits per heavy atom. The average molecular weight is 552 g/mol. The predicted octanol–water partition coefficient (Wildman–Crippen LogP) is 7.39. The Kier molecular flexibility index (Phi) is 24.0. The number of aliphatic hydroxyl groups excluding tert-OH is 1. The number of aliphatic hydroxyl groups is 1. The molecule has 0 aromatic carbocycles. The molecule has 0 rings (SSSR count). The molecule has 38 heavy (non-hydrogen) atoms. The summed E-state index contributed by atoms with van der Waals surface area (Å²) >= 11 is 0. The van der Waals surface area contributed by atoms with Crippen molar-refractivity contribution < 1.29 is 22.9 Å². The number of hydrogen-bond donors (Lipinski definition) is 3. The van der Waals surface area contributed by atoms with Gasteiger partial charge in [-0.05, 0) is 38.5 Å². The molecule has 0 fully saturated rings. The van der Waals surface area contributed by atoms with Gasteiger partial charge in [-0.3, -0.25) is 9.35 Å². The number of carbonyl (C=O) groups excluding carboxylic acids is 1. The first-order valence-corrected chi connectivity index (χ1v) is 16.1. The van der Waals surface area contributed by atoms with E-state index in [1.807, 2.05) is 12.2 Å². The van der Waals surface area contributed by atoms with Crippen molar-refractivity contribution in [2.75, 3.05) is 5.75 Å². The zero-order valence-electron chi connectivity index (χ0n) is 23.8. The molecule has 0 aromatic rings. The lowest BCUT2D eigenvalue weighted by Crippen LogP contribution is -2.47. The third-order valence-electron chi connectivity index (χ3n) is 6.02. The largest absolute Gasteiger partial charge is 0.391 e. The molecule has 2 unspecified atom stereocenters. The second kappa shape index (κ2) is 25.3. The standard InChI is InChI=1S/C31H53NO5S/c1-3-5-7-9-11-13-14-15-16-17-18-19-21-23-25-27-31(34)32-29(28-38(35,36)37)30(33)26-24-22-20-12-10-8-6-4-2/h5,7,11,13,15-16,18-19,23,25,29-30,33H,3-4,6,8-10,12,14,17,20-22,24,26-28H2,1-2H3,(H,32,34)(H,35,36,37)/b7-5-,13-11-,16-15-,19-18-,25-23-. The van der Waals surface area contributed by atoms with Crippen LogP contribution in [-0.2, 0) is 14.9 Å². The highest BCUT2D eigenvalue weighted by Crippen LogP contribution is 2.13.